The van der Waals surface area contributed by atoms with E-state index >= 15 is 0 Å². The Morgan fingerprint density at radius 1 is 1.00 bits per heavy atom. The highest BCUT2D eigenvalue weighted by Crippen LogP contribution is 2.30. The zero-order valence-electron chi connectivity index (χ0n) is 17.6. The van der Waals surface area contributed by atoms with Crippen LogP contribution in [0.1, 0.15) is 11.1 Å². The van der Waals surface area contributed by atoms with Crippen molar-refractivity contribution >= 4 is 40.9 Å². The van der Waals surface area contributed by atoms with Crippen LogP contribution < -0.4 is 19.7 Å². The summed E-state index contributed by atoms with van der Waals surface area (Å²) in [6.45, 7) is 0.224. The fourth-order valence-electron chi connectivity index (χ4n) is 3.27. The van der Waals surface area contributed by atoms with E-state index in [-0.39, 0.29) is 23.1 Å². The molecule has 0 atom stereocenters. The van der Waals surface area contributed by atoms with E-state index in [9.17, 15) is 14.0 Å². The molecule has 6 nitrogen and oxygen atoms in total. The number of rotatable bonds is 6. The van der Waals surface area contributed by atoms with Crippen molar-refractivity contribution in [2.24, 2.45) is 0 Å². The van der Waals surface area contributed by atoms with Gasteiger partial charge in [-0.3, -0.25) is 19.8 Å². The predicted molar refractivity (Wildman–Crippen MR) is 126 cm³/mol. The van der Waals surface area contributed by atoms with E-state index in [1.165, 1.54) is 30.2 Å². The van der Waals surface area contributed by atoms with Gasteiger partial charge >= 0.3 is 0 Å². The number of hydrogen-bond donors (Lipinski definition) is 1. The standard InChI is InChI=1S/C25H19FN2O4S/c1-31-22-14-17(9-12-21(22)32-15-16-7-10-18(26)11-8-16)13-20-23(29)27-25(33)28(24(20)30)19-5-3-2-4-6-19/h2-14H,15H2,1H3,(H,27,29,33)/b20-13-. The van der Waals surface area contributed by atoms with Crippen LogP contribution in [0.15, 0.2) is 78.4 Å². The number of methoxy groups -OCH3 is 1. The maximum Gasteiger partial charge on any atom is 0.270 e. The molecule has 3 aromatic carbocycles. The topological polar surface area (TPSA) is 67.9 Å². The summed E-state index contributed by atoms with van der Waals surface area (Å²) in [4.78, 5) is 26.9. The first-order valence-electron chi connectivity index (χ1n) is 9.98. The van der Waals surface area contributed by atoms with E-state index in [0.29, 0.717) is 22.7 Å². The van der Waals surface area contributed by atoms with E-state index in [4.69, 9.17) is 21.7 Å². The molecule has 0 unspecified atom stereocenters. The minimum atomic E-state index is -0.576. The molecule has 0 spiro atoms. The van der Waals surface area contributed by atoms with Crippen LogP contribution in [0.4, 0.5) is 10.1 Å². The normalized spacial score (nSPS) is 14.9. The first-order chi connectivity index (χ1) is 16.0. The highest BCUT2D eigenvalue weighted by atomic mass is 32.1. The molecule has 1 N–H and O–H groups in total. The number of hydrogen-bond acceptors (Lipinski definition) is 5. The van der Waals surface area contributed by atoms with Gasteiger partial charge < -0.3 is 9.47 Å². The molecule has 1 fully saturated rings. The summed E-state index contributed by atoms with van der Waals surface area (Å²) in [6.07, 6.45) is 1.47. The number of anilines is 1. The second-order valence-corrected chi connectivity index (χ2v) is 7.51. The van der Waals surface area contributed by atoms with Crippen LogP contribution >= 0.6 is 12.2 Å². The molecular formula is C25H19FN2O4S. The first kappa shape index (κ1) is 22.2. The first-order valence-corrected chi connectivity index (χ1v) is 10.4. The van der Waals surface area contributed by atoms with Crippen molar-refractivity contribution in [1.29, 1.82) is 0 Å². The maximum absolute atomic E-state index is 13.1. The van der Waals surface area contributed by atoms with Crippen LogP contribution in [-0.4, -0.2) is 24.0 Å². The molecule has 0 aliphatic carbocycles. The van der Waals surface area contributed by atoms with E-state index in [1.807, 2.05) is 6.07 Å². The van der Waals surface area contributed by atoms with Gasteiger partial charge in [-0.05, 0) is 65.8 Å². The Kier molecular flexibility index (Phi) is 6.46. The number of halogens is 1. The molecule has 1 aliphatic heterocycles. The summed E-state index contributed by atoms with van der Waals surface area (Å²) in [5, 5.41) is 2.58. The van der Waals surface area contributed by atoms with Crippen molar-refractivity contribution in [3.05, 3.63) is 95.3 Å². The Morgan fingerprint density at radius 3 is 2.42 bits per heavy atom. The van der Waals surface area contributed by atoms with Crippen molar-refractivity contribution in [2.75, 3.05) is 12.0 Å². The van der Waals surface area contributed by atoms with Crippen LogP contribution in [0.3, 0.4) is 0 Å². The fraction of sp³-hybridized carbons (Fsp3) is 0.0800. The van der Waals surface area contributed by atoms with Gasteiger partial charge in [0.2, 0.25) is 0 Å². The van der Waals surface area contributed by atoms with Crippen LogP contribution in [0.5, 0.6) is 11.5 Å². The highest BCUT2D eigenvalue weighted by Gasteiger charge is 2.34. The second kappa shape index (κ2) is 9.62. The number of para-hydroxylation sites is 1. The number of nitrogens with zero attached hydrogens (tertiary/aromatic N) is 1. The third-order valence-electron chi connectivity index (χ3n) is 4.92. The summed E-state index contributed by atoms with van der Waals surface area (Å²) >= 11 is 5.20. The van der Waals surface area contributed by atoms with Crippen LogP contribution in [-0.2, 0) is 16.2 Å². The monoisotopic (exact) mass is 462 g/mol. The number of nitrogens with one attached hydrogen (secondary N) is 1. The lowest BCUT2D eigenvalue weighted by atomic mass is 10.1. The third kappa shape index (κ3) is 4.91. The number of thiocarbonyl (C=S) groups is 1. The molecule has 1 saturated heterocycles. The smallest absolute Gasteiger partial charge is 0.270 e. The average Bonchev–Trinajstić information content (AvgIpc) is 2.82. The van der Waals surface area contributed by atoms with Gasteiger partial charge in [0.25, 0.3) is 11.8 Å². The van der Waals surface area contributed by atoms with E-state index in [2.05, 4.69) is 5.32 Å². The Hall–Kier alpha value is -4.04. The minimum Gasteiger partial charge on any atom is -0.493 e. The molecule has 33 heavy (non-hydrogen) atoms. The summed E-state index contributed by atoms with van der Waals surface area (Å²) < 4.78 is 24.3. The molecule has 1 heterocycles. The van der Waals surface area contributed by atoms with Crippen molar-refractivity contribution in [1.82, 2.24) is 5.32 Å². The van der Waals surface area contributed by atoms with Gasteiger partial charge in [0, 0.05) is 0 Å². The van der Waals surface area contributed by atoms with Crippen molar-refractivity contribution in [2.45, 2.75) is 6.61 Å². The molecule has 166 valence electrons. The van der Waals surface area contributed by atoms with Crippen LogP contribution in [0.2, 0.25) is 0 Å². The Labute approximate surface area is 195 Å². The molecule has 1 aliphatic rings. The fourth-order valence-corrected chi connectivity index (χ4v) is 3.55. The number of ether oxygens (including phenoxy) is 2. The second-order valence-electron chi connectivity index (χ2n) is 7.12. The van der Waals surface area contributed by atoms with Gasteiger partial charge in [0.1, 0.15) is 18.0 Å². The largest absolute Gasteiger partial charge is 0.493 e. The maximum atomic E-state index is 13.1. The Bertz CT molecular complexity index is 1240. The Balaban J connectivity index is 1.58. The number of amides is 2. The Morgan fingerprint density at radius 2 is 1.73 bits per heavy atom. The molecule has 0 saturated carbocycles. The molecular weight excluding hydrogens is 443 g/mol. The zero-order valence-corrected chi connectivity index (χ0v) is 18.4. The zero-order chi connectivity index (χ0) is 23.4. The molecule has 2 amide bonds. The molecule has 4 rings (SSSR count). The lowest BCUT2D eigenvalue weighted by Crippen LogP contribution is -2.54. The summed E-state index contributed by atoms with van der Waals surface area (Å²) in [5.74, 6) is -0.527. The quantitative estimate of drug-likeness (QED) is 0.337. The molecule has 0 aromatic heterocycles. The minimum absolute atomic E-state index is 0.0236. The average molecular weight is 463 g/mol. The summed E-state index contributed by atoms with van der Waals surface area (Å²) in [5.41, 5.74) is 1.86. The SMILES string of the molecule is COc1cc(/C=C2/C(=O)NC(=S)N(c3ccccc3)C2=O)ccc1OCc1ccc(F)cc1. The molecule has 0 bridgehead atoms. The number of carbonyl (C=O) groups is 2. The van der Waals surface area contributed by atoms with Gasteiger partial charge in [0.05, 0.1) is 12.8 Å². The molecule has 8 heteroatoms. The third-order valence-corrected chi connectivity index (χ3v) is 5.21. The van der Waals surface area contributed by atoms with Crippen molar-refractivity contribution < 1.29 is 23.5 Å². The van der Waals surface area contributed by atoms with E-state index < -0.39 is 11.8 Å². The summed E-state index contributed by atoms with van der Waals surface area (Å²) in [7, 11) is 1.49. The molecule has 0 radical (unpaired) electrons. The van der Waals surface area contributed by atoms with Crippen LogP contribution in [0, 0.1) is 5.82 Å². The molecule has 3 aromatic rings. The van der Waals surface area contributed by atoms with E-state index in [1.54, 1.807) is 54.6 Å². The lowest BCUT2D eigenvalue weighted by Gasteiger charge is -2.28. The number of carbonyl (C=O) groups excluding carboxylic acids is 2. The lowest BCUT2D eigenvalue weighted by molar-refractivity contribution is -0.122. The van der Waals surface area contributed by atoms with Gasteiger partial charge in [-0.2, -0.15) is 0 Å². The van der Waals surface area contributed by atoms with E-state index in [0.717, 1.165) is 5.56 Å². The predicted octanol–water partition coefficient (Wildman–Crippen LogP) is 4.24. The van der Waals surface area contributed by atoms with Crippen molar-refractivity contribution in [3.63, 3.8) is 0 Å². The van der Waals surface area contributed by atoms with Crippen LogP contribution in [0.25, 0.3) is 6.08 Å². The number of benzene rings is 3. The van der Waals surface area contributed by atoms with Crippen molar-refractivity contribution in [3.8, 4) is 11.5 Å². The highest BCUT2D eigenvalue weighted by molar-refractivity contribution is 7.80. The van der Waals surface area contributed by atoms with Gasteiger partial charge in [-0.1, -0.05) is 36.4 Å². The van der Waals surface area contributed by atoms with Gasteiger partial charge in [-0.15, -0.1) is 0 Å². The van der Waals surface area contributed by atoms with Gasteiger partial charge in [0.15, 0.2) is 16.6 Å². The van der Waals surface area contributed by atoms with Gasteiger partial charge in [-0.25, -0.2) is 4.39 Å². The summed E-state index contributed by atoms with van der Waals surface area (Å²) in [6, 6.07) is 19.9.